The third-order valence-corrected chi connectivity index (χ3v) is 4.41. The van der Waals surface area contributed by atoms with Crippen LogP contribution in [0.1, 0.15) is 0 Å². The molecular weight excluding hydrogens is 356 g/mol. The highest BCUT2D eigenvalue weighted by molar-refractivity contribution is 5.93. The molecule has 0 amide bonds. The molecule has 4 N–H and O–H groups in total. The summed E-state index contributed by atoms with van der Waals surface area (Å²) in [6.45, 7) is 0.224. The topological polar surface area (TPSA) is 107 Å². The SMILES string of the molecule is Nc1c(Nc2ccc3c(c2)OCO3)ncnc1Nc1cccc2cccnc12. The van der Waals surface area contributed by atoms with Crippen LogP contribution in [0.3, 0.4) is 0 Å². The van der Waals surface area contributed by atoms with Crippen LogP contribution >= 0.6 is 0 Å². The van der Waals surface area contributed by atoms with Crippen LogP contribution in [0, 0.1) is 0 Å². The Kier molecular flexibility index (Phi) is 3.79. The molecule has 0 saturated carbocycles. The first kappa shape index (κ1) is 16.1. The molecule has 138 valence electrons. The number of nitrogens with zero attached hydrogens (tertiary/aromatic N) is 3. The van der Waals surface area contributed by atoms with Gasteiger partial charge in [0.15, 0.2) is 23.1 Å². The molecule has 3 heterocycles. The van der Waals surface area contributed by atoms with Crippen molar-refractivity contribution in [3.8, 4) is 11.5 Å². The smallest absolute Gasteiger partial charge is 0.231 e. The number of nitrogen functional groups attached to an aromatic ring is 1. The molecule has 1 aliphatic heterocycles. The normalized spacial score (nSPS) is 12.1. The molecule has 0 fully saturated rings. The lowest BCUT2D eigenvalue weighted by Gasteiger charge is -2.13. The average molecular weight is 372 g/mol. The Labute approximate surface area is 160 Å². The zero-order valence-corrected chi connectivity index (χ0v) is 14.7. The lowest BCUT2D eigenvalue weighted by molar-refractivity contribution is 0.174. The van der Waals surface area contributed by atoms with Gasteiger partial charge in [-0.3, -0.25) is 4.98 Å². The van der Waals surface area contributed by atoms with Gasteiger partial charge >= 0.3 is 0 Å². The fourth-order valence-electron chi connectivity index (χ4n) is 3.04. The monoisotopic (exact) mass is 372 g/mol. The van der Waals surface area contributed by atoms with Crippen molar-refractivity contribution in [2.24, 2.45) is 0 Å². The van der Waals surface area contributed by atoms with Crippen LogP contribution in [0.15, 0.2) is 61.1 Å². The van der Waals surface area contributed by atoms with E-state index in [-0.39, 0.29) is 6.79 Å². The summed E-state index contributed by atoms with van der Waals surface area (Å²) in [6, 6.07) is 15.3. The van der Waals surface area contributed by atoms with Gasteiger partial charge in [-0.25, -0.2) is 9.97 Å². The van der Waals surface area contributed by atoms with E-state index in [1.807, 2.05) is 48.5 Å². The third-order valence-electron chi connectivity index (χ3n) is 4.41. The van der Waals surface area contributed by atoms with Gasteiger partial charge in [0, 0.05) is 23.3 Å². The minimum atomic E-state index is 0.224. The van der Waals surface area contributed by atoms with Gasteiger partial charge in [-0.15, -0.1) is 0 Å². The van der Waals surface area contributed by atoms with Crippen LogP contribution in [-0.2, 0) is 0 Å². The van der Waals surface area contributed by atoms with E-state index in [1.165, 1.54) is 6.33 Å². The van der Waals surface area contributed by atoms with Gasteiger partial charge in [0.1, 0.15) is 12.0 Å². The Bertz CT molecular complexity index is 1180. The summed E-state index contributed by atoms with van der Waals surface area (Å²) < 4.78 is 10.7. The molecule has 1 aliphatic rings. The number of ether oxygens (including phenoxy) is 2. The summed E-state index contributed by atoms with van der Waals surface area (Å²) >= 11 is 0. The number of pyridine rings is 1. The van der Waals surface area contributed by atoms with Crippen LogP contribution in [0.5, 0.6) is 11.5 Å². The van der Waals surface area contributed by atoms with Crippen molar-refractivity contribution in [1.29, 1.82) is 0 Å². The molecule has 4 aromatic rings. The van der Waals surface area contributed by atoms with Crippen LogP contribution in [0.2, 0.25) is 0 Å². The highest BCUT2D eigenvalue weighted by Gasteiger charge is 2.15. The number of hydrogen-bond donors (Lipinski definition) is 3. The summed E-state index contributed by atoms with van der Waals surface area (Å²) in [6.07, 6.45) is 3.20. The van der Waals surface area contributed by atoms with Crippen molar-refractivity contribution in [3.63, 3.8) is 0 Å². The predicted molar refractivity (Wildman–Crippen MR) is 107 cm³/mol. The van der Waals surface area contributed by atoms with E-state index in [0.717, 1.165) is 22.3 Å². The second-order valence-corrected chi connectivity index (χ2v) is 6.18. The molecule has 5 rings (SSSR count). The molecular formula is C20H16N6O2. The molecule has 0 spiro atoms. The molecule has 0 radical (unpaired) electrons. The van der Waals surface area contributed by atoms with E-state index in [1.54, 1.807) is 6.20 Å². The Morgan fingerprint density at radius 3 is 2.61 bits per heavy atom. The van der Waals surface area contributed by atoms with Crippen LogP contribution in [-0.4, -0.2) is 21.7 Å². The number of fused-ring (bicyclic) bond motifs is 2. The first-order valence-electron chi connectivity index (χ1n) is 8.66. The maximum absolute atomic E-state index is 6.31. The van der Waals surface area contributed by atoms with Crippen molar-refractivity contribution in [3.05, 3.63) is 61.1 Å². The minimum absolute atomic E-state index is 0.224. The zero-order valence-electron chi connectivity index (χ0n) is 14.7. The highest BCUT2D eigenvalue weighted by atomic mass is 16.7. The van der Waals surface area contributed by atoms with Crippen LogP contribution < -0.4 is 25.8 Å². The molecule has 0 aliphatic carbocycles. The summed E-state index contributed by atoms with van der Waals surface area (Å²) in [5.41, 5.74) is 9.15. The van der Waals surface area contributed by atoms with Gasteiger partial charge in [0.05, 0.1) is 11.2 Å². The molecule has 2 aromatic heterocycles. The fourth-order valence-corrected chi connectivity index (χ4v) is 3.04. The summed E-state index contributed by atoms with van der Waals surface area (Å²) in [5, 5.41) is 7.48. The molecule has 0 unspecified atom stereocenters. The Morgan fingerprint density at radius 1 is 0.857 bits per heavy atom. The van der Waals surface area contributed by atoms with E-state index in [0.29, 0.717) is 28.8 Å². The van der Waals surface area contributed by atoms with Crippen molar-refractivity contribution in [1.82, 2.24) is 15.0 Å². The van der Waals surface area contributed by atoms with Gasteiger partial charge in [-0.1, -0.05) is 18.2 Å². The van der Waals surface area contributed by atoms with E-state index in [2.05, 4.69) is 25.6 Å². The van der Waals surface area contributed by atoms with E-state index < -0.39 is 0 Å². The van der Waals surface area contributed by atoms with Crippen LogP contribution in [0.25, 0.3) is 10.9 Å². The van der Waals surface area contributed by atoms with Crippen molar-refractivity contribution in [2.75, 3.05) is 23.2 Å². The largest absolute Gasteiger partial charge is 0.454 e. The van der Waals surface area contributed by atoms with Gasteiger partial charge in [-0.05, 0) is 24.3 Å². The van der Waals surface area contributed by atoms with Gasteiger partial charge in [-0.2, -0.15) is 0 Å². The maximum Gasteiger partial charge on any atom is 0.231 e. The number of aromatic nitrogens is 3. The number of nitrogens with two attached hydrogens (primary N) is 1. The van der Waals surface area contributed by atoms with Gasteiger partial charge in [0.25, 0.3) is 0 Å². The van der Waals surface area contributed by atoms with Gasteiger partial charge in [0.2, 0.25) is 6.79 Å². The highest BCUT2D eigenvalue weighted by Crippen LogP contribution is 2.36. The first-order chi connectivity index (χ1) is 13.8. The number of benzene rings is 2. The van der Waals surface area contributed by atoms with E-state index in [9.17, 15) is 0 Å². The molecule has 0 saturated heterocycles. The average Bonchev–Trinajstić information content (AvgIpc) is 3.19. The van der Waals surface area contributed by atoms with Crippen molar-refractivity contribution in [2.45, 2.75) is 0 Å². The molecule has 2 aromatic carbocycles. The predicted octanol–water partition coefficient (Wildman–Crippen LogP) is 3.82. The fraction of sp³-hybridized carbons (Fsp3) is 0.0500. The third kappa shape index (κ3) is 2.86. The van der Waals surface area contributed by atoms with Crippen molar-refractivity contribution < 1.29 is 9.47 Å². The van der Waals surface area contributed by atoms with E-state index in [4.69, 9.17) is 15.2 Å². The number of nitrogens with one attached hydrogen (secondary N) is 2. The first-order valence-corrected chi connectivity index (χ1v) is 8.66. The Hall–Kier alpha value is -4.07. The summed E-state index contributed by atoms with van der Waals surface area (Å²) in [7, 11) is 0. The lowest BCUT2D eigenvalue weighted by Crippen LogP contribution is -2.05. The summed E-state index contributed by atoms with van der Waals surface area (Å²) in [4.78, 5) is 13.0. The standard InChI is InChI=1S/C20H16N6O2/c21-17-19(25-13-6-7-15-16(9-13)28-11-27-15)23-10-24-20(17)26-14-5-1-3-12-4-2-8-22-18(12)14/h1-10H,11,21H2,(H2,23,24,25,26). The number of hydrogen-bond acceptors (Lipinski definition) is 8. The Balaban J connectivity index is 1.45. The zero-order chi connectivity index (χ0) is 18.9. The minimum Gasteiger partial charge on any atom is -0.454 e. The molecule has 28 heavy (non-hydrogen) atoms. The molecule has 8 heteroatoms. The van der Waals surface area contributed by atoms with Gasteiger partial charge < -0.3 is 25.8 Å². The number of para-hydroxylation sites is 1. The lowest BCUT2D eigenvalue weighted by atomic mass is 10.2. The second-order valence-electron chi connectivity index (χ2n) is 6.18. The maximum atomic E-state index is 6.31. The quantitative estimate of drug-likeness (QED) is 0.496. The molecule has 0 bridgehead atoms. The Morgan fingerprint density at radius 2 is 1.68 bits per heavy atom. The van der Waals surface area contributed by atoms with Crippen molar-refractivity contribution >= 4 is 39.6 Å². The van der Waals surface area contributed by atoms with Crippen LogP contribution in [0.4, 0.5) is 28.7 Å². The number of anilines is 5. The molecule has 0 atom stereocenters. The summed E-state index contributed by atoms with van der Waals surface area (Å²) in [5.74, 6) is 2.38. The second kappa shape index (κ2) is 6.58. The number of rotatable bonds is 4. The molecule has 8 nitrogen and oxygen atoms in total. The van der Waals surface area contributed by atoms with E-state index >= 15 is 0 Å².